The third kappa shape index (κ3) is 3.63. The number of ether oxygens (including phenoxy) is 3. The molecule has 26 heavy (non-hydrogen) atoms. The minimum atomic E-state index is -0.381. The van der Waals surface area contributed by atoms with E-state index in [4.69, 9.17) is 14.2 Å². The van der Waals surface area contributed by atoms with Crippen molar-refractivity contribution in [1.29, 1.82) is 0 Å². The topological polar surface area (TPSA) is 65.1 Å². The first-order valence-corrected chi connectivity index (χ1v) is 9.30. The maximum atomic E-state index is 12.3. The van der Waals surface area contributed by atoms with Crippen LogP contribution in [0.15, 0.2) is 35.5 Å². The van der Waals surface area contributed by atoms with Gasteiger partial charge in [0.1, 0.15) is 18.3 Å². The largest absolute Gasteiger partial charge is 0.458 e. The van der Waals surface area contributed by atoms with Crippen LogP contribution < -0.4 is 0 Å². The van der Waals surface area contributed by atoms with Crippen LogP contribution in [0.3, 0.4) is 0 Å². The lowest BCUT2D eigenvalue weighted by Crippen LogP contribution is -2.33. The molecule has 2 fully saturated rings. The molecule has 2 heterocycles. The van der Waals surface area contributed by atoms with Gasteiger partial charge in [-0.05, 0) is 52.5 Å². The zero-order valence-corrected chi connectivity index (χ0v) is 16.0. The number of rotatable bonds is 3. The molecule has 2 saturated heterocycles. The Morgan fingerprint density at radius 3 is 2.92 bits per heavy atom. The molecule has 3 rings (SSSR count). The molecule has 3 aliphatic rings. The van der Waals surface area contributed by atoms with Gasteiger partial charge in [0.05, 0.1) is 12.0 Å². The van der Waals surface area contributed by atoms with Crippen LogP contribution in [0.4, 0.5) is 0 Å². The van der Waals surface area contributed by atoms with E-state index in [1.165, 1.54) is 0 Å². The minimum Gasteiger partial charge on any atom is -0.458 e. The summed E-state index contributed by atoms with van der Waals surface area (Å²) in [6.07, 6.45) is 5.65. The zero-order chi connectivity index (χ0) is 19.1. The Kier molecular flexibility index (Phi) is 5.11. The summed E-state index contributed by atoms with van der Waals surface area (Å²) in [5.41, 5.74) is 2.18. The molecule has 0 amide bonds. The van der Waals surface area contributed by atoms with Gasteiger partial charge in [0, 0.05) is 11.5 Å². The van der Waals surface area contributed by atoms with Crippen LogP contribution in [0.5, 0.6) is 0 Å². The molecule has 0 aromatic rings. The zero-order valence-electron chi connectivity index (χ0n) is 16.0. The molecule has 5 unspecified atom stereocenters. The number of esters is 2. The predicted molar refractivity (Wildman–Crippen MR) is 97.3 cm³/mol. The Hall–Kier alpha value is -1.88. The second-order valence-electron chi connectivity index (χ2n) is 7.87. The van der Waals surface area contributed by atoms with E-state index in [1.807, 2.05) is 26.8 Å². The molecule has 142 valence electrons. The number of hydrogen-bond acceptors (Lipinski definition) is 5. The number of allylic oxidation sites excluding steroid dienone is 2. The lowest BCUT2D eigenvalue weighted by molar-refractivity contribution is -0.148. The summed E-state index contributed by atoms with van der Waals surface area (Å²) >= 11 is 0. The molecule has 2 aliphatic heterocycles. The van der Waals surface area contributed by atoms with E-state index in [1.54, 1.807) is 0 Å². The third-order valence-electron chi connectivity index (χ3n) is 5.86. The summed E-state index contributed by atoms with van der Waals surface area (Å²) in [6, 6.07) is 0. The lowest BCUT2D eigenvalue weighted by Gasteiger charge is -2.25. The van der Waals surface area contributed by atoms with Crippen molar-refractivity contribution in [3.05, 3.63) is 35.5 Å². The van der Waals surface area contributed by atoms with Crippen LogP contribution in [0.1, 0.15) is 53.4 Å². The van der Waals surface area contributed by atoms with Crippen LogP contribution >= 0.6 is 0 Å². The molecule has 5 nitrogen and oxygen atoms in total. The van der Waals surface area contributed by atoms with Crippen molar-refractivity contribution in [1.82, 2.24) is 0 Å². The molecule has 0 saturated carbocycles. The first-order chi connectivity index (χ1) is 12.2. The maximum absolute atomic E-state index is 12.3. The van der Waals surface area contributed by atoms with E-state index in [2.05, 4.69) is 19.6 Å². The predicted octanol–water partition coefficient (Wildman–Crippen LogP) is 3.64. The van der Waals surface area contributed by atoms with Crippen LogP contribution in [0.25, 0.3) is 0 Å². The number of carbonyl (C=O) groups is 2. The van der Waals surface area contributed by atoms with Crippen LogP contribution in [0.2, 0.25) is 0 Å². The molecule has 5 atom stereocenters. The maximum Gasteiger partial charge on any atom is 0.334 e. The molecule has 5 heteroatoms. The number of fused-ring (bicyclic) bond motifs is 3. The number of hydrogen-bond donors (Lipinski definition) is 0. The first kappa shape index (κ1) is 18.9. The summed E-state index contributed by atoms with van der Waals surface area (Å²) in [4.78, 5) is 24.4. The fraction of sp³-hybridized carbons (Fsp3) is 0.619. The summed E-state index contributed by atoms with van der Waals surface area (Å²) in [5, 5.41) is 0. The molecule has 0 bridgehead atoms. The Bertz CT molecular complexity index is 689. The normalized spacial score (nSPS) is 37.2. The Morgan fingerprint density at radius 1 is 1.50 bits per heavy atom. The highest BCUT2D eigenvalue weighted by molar-refractivity contribution is 5.91. The van der Waals surface area contributed by atoms with Crippen molar-refractivity contribution in [3.8, 4) is 0 Å². The Morgan fingerprint density at radius 2 is 2.23 bits per heavy atom. The van der Waals surface area contributed by atoms with Gasteiger partial charge in [0.15, 0.2) is 0 Å². The molecule has 0 spiro atoms. The fourth-order valence-corrected chi connectivity index (χ4v) is 3.86. The SMILES string of the molecule is C=C1C(=O)OC2C1CC(OC(=O)CC(C)=CC)C(C)=CCCC1(C)OC21. The van der Waals surface area contributed by atoms with Gasteiger partial charge in [-0.2, -0.15) is 0 Å². The van der Waals surface area contributed by atoms with E-state index < -0.39 is 0 Å². The van der Waals surface area contributed by atoms with Crippen molar-refractivity contribution in [3.63, 3.8) is 0 Å². The summed E-state index contributed by atoms with van der Waals surface area (Å²) in [6.45, 7) is 11.8. The third-order valence-corrected chi connectivity index (χ3v) is 5.86. The molecule has 0 aromatic heterocycles. The van der Waals surface area contributed by atoms with E-state index in [0.29, 0.717) is 12.0 Å². The average Bonchev–Trinajstić information content (AvgIpc) is 3.17. The second-order valence-corrected chi connectivity index (χ2v) is 7.87. The van der Waals surface area contributed by atoms with Gasteiger partial charge in [-0.3, -0.25) is 4.79 Å². The van der Waals surface area contributed by atoms with E-state index in [0.717, 1.165) is 24.0 Å². The molecule has 1 aliphatic carbocycles. The van der Waals surface area contributed by atoms with Crippen LogP contribution in [-0.2, 0) is 23.8 Å². The van der Waals surface area contributed by atoms with Gasteiger partial charge in [0.25, 0.3) is 0 Å². The standard InChI is InChI=1S/C21H28O5/c1-6-12(2)10-17(22)24-16-11-15-14(4)20(23)25-18(15)19-21(5,26-19)9-7-8-13(16)3/h6,8,15-16,18-19H,4,7,9-11H2,1-3,5H3. The molecule has 0 N–H and O–H groups in total. The molecule has 0 radical (unpaired) electrons. The second kappa shape index (κ2) is 7.03. The highest BCUT2D eigenvalue weighted by Gasteiger charge is 2.61. The smallest absolute Gasteiger partial charge is 0.334 e. The number of carbonyl (C=O) groups excluding carboxylic acids is 2. The summed E-state index contributed by atoms with van der Waals surface area (Å²) in [7, 11) is 0. The highest BCUT2D eigenvalue weighted by atomic mass is 16.6. The van der Waals surface area contributed by atoms with Gasteiger partial charge in [-0.25, -0.2) is 4.79 Å². The molecular formula is C21H28O5. The number of epoxide rings is 1. The first-order valence-electron chi connectivity index (χ1n) is 9.30. The summed E-state index contributed by atoms with van der Waals surface area (Å²) in [5.74, 6) is -0.819. The molecular weight excluding hydrogens is 332 g/mol. The van der Waals surface area contributed by atoms with Gasteiger partial charge >= 0.3 is 11.9 Å². The Labute approximate surface area is 155 Å². The van der Waals surface area contributed by atoms with Crippen molar-refractivity contribution in [2.45, 2.75) is 77.3 Å². The quantitative estimate of drug-likeness (QED) is 0.333. The van der Waals surface area contributed by atoms with Crippen LogP contribution in [-0.4, -0.2) is 35.9 Å². The average molecular weight is 360 g/mol. The van der Waals surface area contributed by atoms with Crippen molar-refractivity contribution in [2.24, 2.45) is 5.92 Å². The van der Waals surface area contributed by atoms with Gasteiger partial charge in [-0.1, -0.05) is 24.3 Å². The Balaban J connectivity index is 1.82. The minimum absolute atomic E-state index is 0.107. The van der Waals surface area contributed by atoms with Crippen molar-refractivity contribution >= 4 is 11.9 Å². The monoisotopic (exact) mass is 360 g/mol. The summed E-state index contributed by atoms with van der Waals surface area (Å²) < 4.78 is 17.2. The van der Waals surface area contributed by atoms with Gasteiger partial charge in [-0.15, -0.1) is 0 Å². The van der Waals surface area contributed by atoms with Crippen LogP contribution in [0, 0.1) is 5.92 Å². The van der Waals surface area contributed by atoms with E-state index in [9.17, 15) is 9.59 Å². The molecule has 0 aromatic carbocycles. The van der Waals surface area contributed by atoms with Gasteiger partial charge in [0.2, 0.25) is 0 Å². The van der Waals surface area contributed by atoms with Gasteiger partial charge < -0.3 is 14.2 Å². The van der Waals surface area contributed by atoms with Crippen molar-refractivity contribution in [2.75, 3.05) is 0 Å². The lowest BCUT2D eigenvalue weighted by atomic mass is 9.83. The van der Waals surface area contributed by atoms with E-state index >= 15 is 0 Å². The fourth-order valence-electron chi connectivity index (χ4n) is 3.86. The highest BCUT2D eigenvalue weighted by Crippen LogP contribution is 2.50. The van der Waals surface area contributed by atoms with E-state index in [-0.39, 0.29) is 48.2 Å². The van der Waals surface area contributed by atoms with Crippen molar-refractivity contribution < 1.29 is 23.8 Å².